The lowest BCUT2D eigenvalue weighted by Gasteiger charge is -2.33. The van der Waals surface area contributed by atoms with Gasteiger partial charge in [0.1, 0.15) is 0 Å². The zero-order valence-electron chi connectivity index (χ0n) is 8.29. The maximum absolute atomic E-state index is 5.50. The third kappa shape index (κ3) is 1.55. The molecule has 1 unspecified atom stereocenters. The minimum absolute atomic E-state index is 0.684. The third-order valence-electron chi connectivity index (χ3n) is 2.78. The molecule has 1 saturated heterocycles. The van der Waals surface area contributed by atoms with Gasteiger partial charge in [0.25, 0.3) is 0 Å². The van der Waals surface area contributed by atoms with Crippen molar-refractivity contribution >= 4 is 5.90 Å². The molecule has 0 aromatic carbocycles. The summed E-state index contributed by atoms with van der Waals surface area (Å²) in [4.78, 5) is 6.38. The van der Waals surface area contributed by atoms with Crippen molar-refractivity contribution in [3.8, 4) is 0 Å². The summed E-state index contributed by atoms with van der Waals surface area (Å²) in [5.41, 5.74) is 1.29. The fraction of sp³-hybridized carbons (Fsp3) is 0.700. The zero-order valence-corrected chi connectivity index (χ0v) is 8.29. The molecule has 0 bridgehead atoms. The van der Waals surface area contributed by atoms with E-state index in [2.05, 4.69) is 23.1 Å². The predicted molar refractivity (Wildman–Crippen MR) is 52.7 cm³/mol. The SMILES string of the molecule is CN=C1OCCC2CCN(C)C=C12. The number of hydrogen-bond acceptors (Lipinski definition) is 3. The summed E-state index contributed by atoms with van der Waals surface area (Å²) in [6.45, 7) is 1.99. The van der Waals surface area contributed by atoms with Gasteiger partial charge < -0.3 is 9.64 Å². The highest BCUT2D eigenvalue weighted by molar-refractivity contribution is 5.94. The molecule has 1 fully saturated rings. The summed E-state index contributed by atoms with van der Waals surface area (Å²) < 4.78 is 5.50. The first-order valence-corrected chi connectivity index (χ1v) is 4.83. The molecule has 1 atom stereocenters. The van der Waals surface area contributed by atoms with Gasteiger partial charge in [-0.05, 0) is 18.8 Å². The molecule has 0 aliphatic carbocycles. The zero-order chi connectivity index (χ0) is 9.26. The molecule has 2 heterocycles. The van der Waals surface area contributed by atoms with E-state index in [4.69, 9.17) is 4.74 Å². The number of hydrogen-bond donors (Lipinski definition) is 0. The Bertz CT molecular complexity index is 258. The fourth-order valence-corrected chi connectivity index (χ4v) is 2.03. The molecular formula is C10H16N2O. The van der Waals surface area contributed by atoms with Crippen LogP contribution in [0, 0.1) is 5.92 Å². The van der Waals surface area contributed by atoms with Gasteiger partial charge in [0.2, 0.25) is 5.90 Å². The molecule has 2 aliphatic rings. The van der Waals surface area contributed by atoms with Crippen molar-refractivity contribution in [1.82, 2.24) is 4.90 Å². The van der Waals surface area contributed by atoms with Gasteiger partial charge in [-0.25, -0.2) is 0 Å². The number of nitrogens with zero attached hydrogens (tertiary/aromatic N) is 2. The number of ether oxygens (including phenoxy) is 1. The molecule has 72 valence electrons. The van der Waals surface area contributed by atoms with E-state index in [1.54, 1.807) is 7.05 Å². The van der Waals surface area contributed by atoms with Crippen LogP contribution in [-0.4, -0.2) is 38.0 Å². The van der Waals surface area contributed by atoms with Crippen molar-refractivity contribution in [3.05, 3.63) is 11.8 Å². The van der Waals surface area contributed by atoms with Gasteiger partial charge in [-0.15, -0.1) is 0 Å². The van der Waals surface area contributed by atoms with Crippen LogP contribution in [0.3, 0.4) is 0 Å². The van der Waals surface area contributed by atoms with Gasteiger partial charge in [0.15, 0.2) is 0 Å². The van der Waals surface area contributed by atoms with E-state index >= 15 is 0 Å². The van der Waals surface area contributed by atoms with Gasteiger partial charge >= 0.3 is 0 Å². The normalized spacial score (nSPS) is 30.9. The molecule has 3 heteroatoms. The highest BCUT2D eigenvalue weighted by Crippen LogP contribution is 2.29. The quantitative estimate of drug-likeness (QED) is 0.561. The molecule has 0 amide bonds. The molecule has 0 radical (unpaired) electrons. The second kappa shape index (κ2) is 3.40. The minimum atomic E-state index is 0.684. The highest BCUT2D eigenvalue weighted by atomic mass is 16.5. The largest absolute Gasteiger partial charge is 0.478 e. The van der Waals surface area contributed by atoms with E-state index in [0.29, 0.717) is 5.92 Å². The number of fused-ring (bicyclic) bond motifs is 1. The molecule has 0 aromatic heterocycles. The maximum atomic E-state index is 5.50. The lowest BCUT2D eigenvalue weighted by atomic mass is 9.88. The molecule has 3 nitrogen and oxygen atoms in total. The van der Waals surface area contributed by atoms with Crippen molar-refractivity contribution in [2.24, 2.45) is 10.9 Å². The predicted octanol–water partition coefficient (Wildman–Crippen LogP) is 1.27. The summed E-state index contributed by atoms with van der Waals surface area (Å²) in [5, 5.41) is 0. The van der Waals surface area contributed by atoms with Crippen LogP contribution in [0.1, 0.15) is 12.8 Å². The molecule has 0 spiro atoms. The first-order chi connectivity index (χ1) is 6.31. The van der Waals surface area contributed by atoms with E-state index in [-0.39, 0.29) is 0 Å². The van der Waals surface area contributed by atoms with Gasteiger partial charge in [-0.1, -0.05) is 0 Å². The van der Waals surface area contributed by atoms with Crippen LogP contribution in [0.4, 0.5) is 0 Å². The van der Waals surface area contributed by atoms with E-state index in [0.717, 1.165) is 25.5 Å². The van der Waals surface area contributed by atoms with Crippen LogP contribution in [0.15, 0.2) is 16.8 Å². The second-order valence-electron chi connectivity index (χ2n) is 3.72. The van der Waals surface area contributed by atoms with Gasteiger partial charge in [0, 0.05) is 32.4 Å². The Hall–Kier alpha value is -0.990. The van der Waals surface area contributed by atoms with Gasteiger partial charge in [-0.2, -0.15) is 0 Å². The molecule has 0 N–H and O–H groups in total. The standard InChI is InChI=1S/C10H16N2O/c1-11-10-9-7-12(2)5-3-8(9)4-6-13-10/h7-8H,3-6H2,1-2H3. The van der Waals surface area contributed by atoms with Crippen molar-refractivity contribution in [2.45, 2.75) is 12.8 Å². The van der Waals surface area contributed by atoms with Crippen molar-refractivity contribution in [3.63, 3.8) is 0 Å². The average molecular weight is 180 g/mol. The molecule has 13 heavy (non-hydrogen) atoms. The Labute approximate surface area is 79.1 Å². The highest BCUT2D eigenvalue weighted by Gasteiger charge is 2.28. The van der Waals surface area contributed by atoms with E-state index in [9.17, 15) is 0 Å². The minimum Gasteiger partial charge on any atom is -0.478 e. The summed E-state index contributed by atoms with van der Waals surface area (Å²) >= 11 is 0. The summed E-state index contributed by atoms with van der Waals surface area (Å²) in [6, 6.07) is 0. The summed E-state index contributed by atoms with van der Waals surface area (Å²) in [5.74, 6) is 1.53. The molecule has 2 aliphatic heterocycles. The van der Waals surface area contributed by atoms with Crippen LogP contribution in [0.25, 0.3) is 0 Å². The Morgan fingerprint density at radius 3 is 3.15 bits per heavy atom. The molecular weight excluding hydrogens is 164 g/mol. The topological polar surface area (TPSA) is 24.8 Å². The average Bonchev–Trinajstić information content (AvgIpc) is 2.17. The molecule has 0 aromatic rings. The Morgan fingerprint density at radius 1 is 1.54 bits per heavy atom. The number of rotatable bonds is 0. The third-order valence-corrected chi connectivity index (χ3v) is 2.78. The van der Waals surface area contributed by atoms with Crippen LogP contribution in [-0.2, 0) is 4.74 Å². The van der Waals surface area contributed by atoms with Crippen LogP contribution < -0.4 is 0 Å². The maximum Gasteiger partial charge on any atom is 0.213 e. The van der Waals surface area contributed by atoms with Crippen LogP contribution >= 0.6 is 0 Å². The van der Waals surface area contributed by atoms with Crippen molar-refractivity contribution in [1.29, 1.82) is 0 Å². The molecule has 2 rings (SSSR count). The number of aliphatic imine (C=N–C) groups is 1. The van der Waals surface area contributed by atoms with E-state index in [1.165, 1.54) is 12.0 Å². The van der Waals surface area contributed by atoms with Crippen LogP contribution in [0.2, 0.25) is 0 Å². The van der Waals surface area contributed by atoms with Crippen molar-refractivity contribution < 1.29 is 4.74 Å². The smallest absolute Gasteiger partial charge is 0.213 e. The molecule has 0 saturated carbocycles. The summed E-state index contributed by atoms with van der Waals surface area (Å²) in [7, 11) is 3.90. The van der Waals surface area contributed by atoms with Crippen LogP contribution in [0.5, 0.6) is 0 Å². The van der Waals surface area contributed by atoms with E-state index < -0.39 is 0 Å². The summed E-state index contributed by atoms with van der Waals surface area (Å²) in [6.07, 6.45) is 4.57. The fourth-order valence-electron chi connectivity index (χ4n) is 2.03. The van der Waals surface area contributed by atoms with E-state index in [1.807, 2.05) is 0 Å². The first-order valence-electron chi connectivity index (χ1n) is 4.83. The second-order valence-corrected chi connectivity index (χ2v) is 3.72. The Morgan fingerprint density at radius 2 is 2.38 bits per heavy atom. The first kappa shape index (κ1) is 8.60. The lowest BCUT2D eigenvalue weighted by Crippen LogP contribution is -2.33. The van der Waals surface area contributed by atoms with Gasteiger partial charge in [-0.3, -0.25) is 4.99 Å². The Balaban J connectivity index is 2.26. The van der Waals surface area contributed by atoms with Gasteiger partial charge in [0.05, 0.1) is 6.61 Å². The lowest BCUT2D eigenvalue weighted by molar-refractivity contribution is 0.225. The van der Waals surface area contributed by atoms with Crippen molar-refractivity contribution in [2.75, 3.05) is 27.2 Å². The monoisotopic (exact) mass is 180 g/mol. The Kier molecular flexibility index (Phi) is 2.25.